The maximum absolute atomic E-state index is 13.5. The number of nitrogens with one attached hydrogen (secondary N) is 1. The Labute approximate surface area is 256 Å². The van der Waals surface area contributed by atoms with Crippen LogP contribution in [0, 0.1) is 29.1 Å². The summed E-state index contributed by atoms with van der Waals surface area (Å²) in [7, 11) is 0. The summed E-state index contributed by atoms with van der Waals surface area (Å²) in [6, 6.07) is 7.09. The molecule has 2 rings (SSSR count). The summed E-state index contributed by atoms with van der Waals surface area (Å²) in [4.78, 5) is 46.3. The third kappa shape index (κ3) is 14.2. The van der Waals surface area contributed by atoms with Crippen molar-refractivity contribution in [3.05, 3.63) is 58.9 Å². The molecule has 45 heavy (non-hydrogen) atoms. The summed E-state index contributed by atoms with van der Waals surface area (Å²) >= 11 is 0. The van der Waals surface area contributed by atoms with Crippen molar-refractivity contribution in [1.29, 1.82) is 0 Å². The van der Waals surface area contributed by atoms with E-state index >= 15 is 0 Å². The average Bonchev–Trinajstić information content (AvgIpc) is 3.00. The number of Topliss-reactive ketones (excluding diaryl/α,β-unsaturated/α-hetero) is 2. The Hall–Kier alpha value is -3.79. The largest absolute Gasteiger partial charge is 0.420 e. The fourth-order valence-corrected chi connectivity index (χ4v) is 3.55. The fourth-order valence-electron chi connectivity index (χ4n) is 3.55. The predicted octanol–water partition coefficient (Wildman–Crippen LogP) is 4.25. The van der Waals surface area contributed by atoms with Crippen LogP contribution in [0.2, 0.25) is 0 Å². The highest BCUT2D eigenvalue weighted by atomic mass is 19.2. The molecule has 0 spiro atoms. The molecule has 15 heteroatoms. The molecule has 248 valence electrons. The molecule has 0 unspecified atom stereocenters. The first-order valence-corrected chi connectivity index (χ1v) is 13.9. The van der Waals surface area contributed by atoms with Gasteiger partial charge >= 0.3 is 5.97 Å². The normalized spacial score (nSPS) is 11.0. The molecular formula is C30H34F5NO9. The molecule has 10 nitrogen and oxygen atoms in total. The lowest BCUT2D eigenvalue weighted by atomic mass is 10.0. The predicted molar refractivity (Wildman–Crippen MR) is 148 cm³/mol. The van der Waals surface area contributed by atoms with Crippen LogP contribution in [-0.2, 0) is 44.5 Å². The maximum atomic E-state index is 13.5. The molecule has 0 fully saturated rings. The van der Waals surface area contributed by atoms with E-state index in [1.807, 2.05) is 12.1 Å². The van der Waals surface area contributed by atoms with Gasteiger partial charge in [0.1, 0.15) is 11.6 Å². The molecule has 0 aliphatic heterocycles. The Morgan fingerprint density at radius 3 is 1.60 bits per heavy atom. The third-order valence-corrected chi connectivity index (χ3v) is 5.80. The van der Waals surface area contributed by atoms with E-state index in [4.69, 9.17) is 18.9 Å². The number of hydrogen-bond donors (Lipinski definition) is 1. The number of esters is 1. The van der Waals surface area contributed by atoms with Crippen molar-refractivity contribution >= 4 is 29.1 Å². The van der Waals surface area contributed by atoms with Gasteiger partial charge in [0.05, 0.1) is 72.1 Å². The summed E-state index contributed by atoms with van der Waals surface area (Å²) in [5.74, 6) is -14.7. The molecule has 0 aliphatic carbocycles. The minimum atomic E-state index is -2.36. The Kier molecular flexibility index (Phi) is 16.9. The van der Waals surface area contributed by atoms with Crippen molar-refractivity contribution in [2.24, 2.45) is 0 Å². The number of hydrogen-bond acceptors (Lipinski definition) is 9. The van der Waals surface area contributed by atoms with Crippen LogP contribution in [0.5, 0.6) is 5.75 Å². The van der Waals surface area contributed by atoms with Gasteiger partial charge in [0.2, 0.25) is 40.7 Å². The van der Waals surface area contributed by atoms with Crippen molar-refractivity contribution in [2.75, 3.05) is 58.2 Å². The monoisotopic (exact) mass is 647 g/mol. The van der Waals surface area contributed by atoms with Crippen LogP contribution in [0.15, 0.2) is 24.3 Å². The van der Waals surface area contributed by atoms with E-state index in [-0.39, 0.29) is 89.6 Å². The van der Waals surface area contributed by atoms with Crippen molar-refractivity contribution in [3.8, 4) is 5.75 Å². The van der Waals surface area contributed by atoms with Crippen LogP contribution in [0.1, 0.15) is 38.2 Å². The summed E-state index contributed by atoms with van der Waals surface area (Å²) in [5.41, 5.74) is 1.53. The molecule has 0 radical (unpaired) electrons. The van der Waals surface area contributed by atoms with E-state index in [1.54, 1.807) is 12.1 Å². The highest BCUT2D eigenvalue weighted by Gasteiger charge is 2.28. The highest BCUT2D eigenvalue weighted by molar-refractivity contribution is 5.98. The molecule has 0 atom stereocenters. The molecule has 2 aromatic rings. The molecule has 2 aromatic carbocycles. The van der Waals surface area contributed by atoms with Gasteiger partial charge in [-0.25, -0.2) is 13.2 Å². The van der Waals surface area contributed by atoms with Gasteiger partial charge < -0.3 is 29.0 Å². The van der Waals surface area contributed by atoms with Gasteiger partial charge in [0.25, 0.3) is 0 Å². The number of aryl methyl sites for hydroxylation is 1. The quantitative estimate of drug-likeness (QED) is 0.0380. The second-order valence-corrected chi connectivity index (χ2v) is 9.49. The average molecular weight is 648 g/mol. The number of amides is 1. The molecule has 0 heterocycles. The fraction of sp³-hybridized carbons (Fsp3) is 0.467. The van der Waals surface area contributed by atoms with E-state index in [9.17, 15) is 41.1 Å². The molecule has 0 saturated carbocycles. The van der Waals surface area contributed by atoms with E-state index in [1.165, 1.54) is 6.92 Å². The van der Waals surface area contributed by atoms with Gasteiger partial charge in [0, 0.05) is 12.1 Å². The summed E-state index contributed by atoms with van der Waals surface area (Å²) in [6.07, 6.45) is 0.377. The van der Waals surface area contributed by atoms with Crippen LogP contribution in [0.4, 0.5) is 27.6 Å². The van der Waals surface area contributed by atoms with E-state index in [0.717, 1.165) is 5.56 Å². The minimum absolute atomic E-state index is 0.0500. The van der Waals surface area contributed by atoms with E-state index in [0.29, 0.717) is 12.1 Å². The van der Waals surface area contributed by atoms with Gasteiger partial charge in [-0.2, -0.15) is 8.78 Å². The lowest BCUT2D eigenvalue weighted by molar-refractivity contribution is -0.136. The topological polar surface area (TPSA) is 126 Å². The SMILES string of the molecule is CC(=O)CC(=O)CCc1ccc(NC(=O)CCOCCOCCOCCOCCC(=O)Oc2c(F)c(F)c(F)c(F)c2F)cc1. The van der Waals surface area contributed by atoms with Crippen LogP contribution >= 0.6 is 0 Å². The Morgan fingerprint density at radius 1 is 0.622 bits per heavy atom. The lowest BCUT2D eigenvalue weighted by Crippen LogP contribution is -2.17. The van der Waals surface area contributed by atoms with E-state index < -0.39 is 47.2 Å². The third-order valence-electron chi connectivity index (χ3n) is 5.80. The van der Waals surface area contributed by atoms with Gasteiger partial charge in [0.15, 0.2) is 0 Å². The Morgan fingerprint density at radius 2 is 1.09 bits per heavy atom. The second-order valence-electron chi connectivity index (χ2n) is 9.49. The summed E-state index contributed by atoms with van der Waals surface area (Å²) in [6.45, 7) is 2.50. The van der Waals surface area contributed by atoms with Crippen molar-refractivity contribution in [2.45, 2.75) is 39.0 Å². The maximum Gasteiger partial charge on any atom is 0.313 e. The molecule has 1 amide bonds. The number of ether oxygens (including phenoxy) is 5. The number of anilines is 1. The smallest absolute Gasteiger partial charge is 0.313 e. The number of benzene rings is 2. The van der Waals surface area contributed by atoms with Gasteiger partial charge in [-0.15, -0.1) is 0 Å². The lowest BCUT2D eigenvalue weighted by Gasteiger charge is -2.09. The summed E-state index contributed by atoms with van der Waals surface area (Å²) < 4.78 is 91.7. The number of rotatable bonds is 22. The van der Waals surface area contributed by atoms with Gasteiger partial charge in [-0.3, -0.25) is 19.2 Å². The number of carbonyl (C=O) groups is 4. The molecule has 0 aliphatic rings. The van der Waals surface area contributed by atoms with Crippen LogP contribution in [0.3, 0.4) is 0 Å². The van der Waals surface area contributed by atoms with Gasteiger partial charge in [-0.1, -0.05) is 12.1 Å². The first kappa shape index (κ1) is 37.4. The zero-order chi connectivity index (χ0) is 33.2. The van der Waals surface area contributed by atoms with Crippen molar-refractivity contribution in [3.63, 3.8) is 0 Å². The summed E-state index contributed by atoms with van der Waals surface area (Å²) in [5, 5.41) is 2.75. The molecular weight excluding hydrogens is 613 g/mol. The minimum Gasteiger partial charge on any atom is -0.420 e. The second kappa shape index (κ2) is 20.3. The van der Waals surface area contributed by atoms with E-state index in [2.05, 4.69) is 10.1 Å². The Balaban J connectivity index is 1.42. The zero-order valence-corrected chi connectivity index (χ0v) is 24.6. The standard InChI is InChI=1S/C30H34F5NO9/c1-19(37)18-22(38)7-4-20-2-5-21(6-3-20)36-23(39)8-10-41-12-14-43-16-17-44-15-13-42-11-9-24(40)45-30-28(34)26(32)25(31)27(33)29(30)35/h2-3,5-6H,4,7-18H2,1H3,(H,36,39). The van der Waals surface area contributed by atoms with Crippen molar-refractivity contribution < 1.29 is 64.8 Å². The zero-order valence-electron chi connectivity index (χ0n) is 24.6. The van der Waals surface area contributed by atoms with Crippen molar-refractivity contribution in [1.82, 2.24) is 0 Å². The Bertz CT molecular complexity index is 1260. The molecule has 0 saturated heterocycles. The first-order valence-electron chi connectivity index (χ1n) is 13.9. The first-order chi connectivity index (χ1) is 21.5. The highest BCUT2D eigenvalue weighted by Crippen LogP contribution is 2.29. The van der Waals surface area contributed by atoms with Crippen LogP contribution < -0.4 is 10.1 Å². The number of carbonyl (C=O) groups excluding carboxylic acids is 4. The molecule has 0 aromatic heterocycles. The van der Waals surface area contributed by atoms with Gasteiger partial charge in [-0.05, 0) is 31.0 Å². The number of ketones is 2. The van der Waals surface area contributed by atoms with Crippen LogP contribution in [-0.4, -0.2) is 76.3 Å². The molecule has 0 bridgehead atoms. The number of halogens is 5. The molecule has 1 N–H and O–H groups in total. The van der Waals surface area contributed by atoms with Crippen LogP contribution in [0.25, 0.3) is 0 Å².